The Balaban J connectivity index is 2.12. The van der Waals surface area contributed by atoms with Crippen LogP contribution in [0.2, 0.25) is 0 Å². The van der Waals surface area contributed by atoms with Crippen molar-refractivity contribution in [1.29, 1.82) is 0 Å². The van der Waals surface area contributed by atoms with Crippen molar-refractivity contribution in [2.24, 2.45) is 11.1 Å². The van der Waals surface area contributed by atoms with Gasteiger partial charge < -0.3 is 11.1 Å². The highest BCUT2D eigenvalue weighted by molar-refractivity contribution is 7.80. The van der Waals surface area contributed by atoms with Crippen LogP contribution >= 0.6 is 12.2 Å². The number of nitrogens with two attached hydrogens (primary N) is 1. The lowest BCUT2D eigenvalue weighted by Gasteiger charge is -2.26. The Morgan fingerprint density at radius 2 is 1.89 bits per heavy atom. The second-order valence-electron chi connectivity index (χ2n) is 5.16. The molecule has 1 aromatic carbocycles. The summed E-state index contributed by atoms with van der Waals surface area (Å²) < 4.78 is 0. The third kappa shape index (κ3) is 2.78. The number of benzene rings is 1. The Kier molecular flexibility index (Phi) is 4.20. The number of nitrogens with one attached hydrogen (secondary N) is 1. The second-order valence-corrected chi connectivity index (χ2v) is 5.60. The summed E-state index contributed by atoms with van der Waals surface area (Å²) in [7, 11) is 0. The zero-order valence-electron chi connectivity index (χ0n) is 11.2. The van der Waals surface area contributed by atoms with E-state index in [0.29, 0.717) is 4.99 Å². The first-order chi connectivity index (χ1) is 9.08. The predicted molar refractivity (Wildman–Crippen MR) is 82.1 cm³/mol. The fourth-order valence-electron chi connectivity index (χ4n) is 2.64. The molecule has 4 heteroatoms. The van der Waals surface area contributed by atoms with Crippen molar-refractivity contribution in [3.8, 4) is 0 Å². The number of anilines is 1. The van der Waals surface area contributed by atoms with Gasteiger partial charge in [0.1, 0.15) is 0 Å². The van der Waals surface area contributed by atoms with E-state index in [1.807, 2.05) is 24.3 Å². The van der Waals surface area contributed by atoms with E-state index in [4.69, 9.17) is 18.0 Å². The van der Waals surface area contributed by atoms with E-state index in [9.17, 15) is 4.79 Å². The summed E-state index contributed by atoms with van der Waals surface area (Å²) in [5, 5.41) is 2.95. The van der Waals surface area contributed by atoms with Gasteiger partial charge in [0.05, 0.1) is 10.4 Å². The molecule has 19 heavy (non-hydrogen) atoms. The Hall–Kier alpha value is -1.42. The van der Waals surface area contributed by atoms with Crippen molar-refractivity contribution in [3.05, 3.63) is 29.8 Å². The topological polar surface area (TPSA) is 55.1 Å². The molecule has 0 unspecified atom stereocenters. The third-order valence-electron chi connectivity index (χ3n) is 3.98. The molecule has 102 valence electrons. The van der Waals surface area contributed by atoms with Crippen LogP contribution in [0.1, 0.15) is 38.2 Å². The van der Waals surface area contributed by atoms with Gasteiger partial charge >= 0.3 is 0 Å². The van der Waals surface area contributed by atoms with Crippen LogP contribution in [0.25, 0.3) is 0 Å². The van der Waals surface area contributed by atoms with Gasteiger partial charge in [0.15, 0.2) is 0 Å². The molecule has 1 aromatic rings. The fourth-order valence-corrected chi connectivity index (χ4v) is 2.94. The molecular weight excluding hydrogens is 256 g/mol. The fraction of sp³-hybridized carbons (Fsp3) is 0.467. The van der Waals surface area contributed by atoms with Gasteiger partial charge in [0.25, 0.3) is 0 Å². The Labute approximate surface area is 119 Å². The smallest absolute Gasteiger partial charge is 0.237 e. The lowest BCUT2D eigenvalue weighted by atomic mass is 9.85. The quantitative estimate of drug-likeness (QED) is 0.831. The molecule has 1 aliphatic rings. The third-order valence-corrected chi connectivity index (χ3v) is 4.37. The number of hydrogen-bond acceptors (Lipinski definition) is 2. The van der Waals surface area contributed by atoms with Crippen LogP contribution in [0, 0.1) is 5.41 Å². The summed E-state index contributed by atoms with van der Waals surface area (Å²) in [4.78, 5) is 12.8. The van der Waals surface area contributed by atoms with E-state index in [1.54, 1.807) is 0 Å². The van der Waals surface area contributed by atoms with E-state index in [1.165, 1.54) is 5.56 Å². The van der Waals surface area contributed by atoms with Crippen molar-refractivity contribution in [1.82, 2.24) is 0 Å². The molecule has 1 fully saturated rings. The standard InChI is InChI=1S/C15H20N2OS/c1-2-11-5-7-12(8-6-11)17-14(18)15(13(16)19)9-3-4-10-15/h5-8H,2-4,9-10H2,1H3,(H2,16,19)(H,17,18). The van der Waals surface area contributed by atoms with E-state index in [-0.39, 0.29) is 5.91 Å². The molecule has 0 spiro atoms. The summed E-state index contributed by atoms with van der Waals surface area (Å²) in [6.45, 7) is 2.11. The molecule has 0 radical (unpaired) electrons. The molecule has 0 atom stereocenters. The SMILES string of the molecule is CCc1ccc(NC(=O)C2(C(N)=S)CCCC2)cc1. The van der Waals surface area contributed by atoms with E-state index < -0.39 is 5.41 Å². The average molecular weight is 276 g/mol. The van der Waals surface area contributed by atoms with Gasteiger partial charge in [-0.05, 0) is 37.0 Å². The van der Waals surface area contributed by atoms with E-state index in [0.717, 1.165) is 37.8 Å². The first-order valence-electron chi connectivity index (χ1n) is 6.79. The van der Waals surface area contributed by atoms with Crippen molar-refractivity contribution >= 4 is 28.8 Å². The van der Waals surface area contributed by atoms with Gasteiger partial charge in [-0.3, -0.25) is 4.79 Å². The zero-order valence-corrected chi connectivity index (χ0v) is 12.1. The highest BCUT2D eigenvalue weighted by Crippen LogP contribution is 2.39. The van der Waals surface area contributed by atoms with Gasteiger partial charge in [0, 0.05) is 5.69 Å². The minimum absolute atomic E-state index is 0.0539. The van der Waals surface area contributed by atoms with E-state index >= 15 is 0 Å². The van der Waals surface area contributed by atoms with Crippen LogP contribution in [0.5, 0.6) is 0 Å². The number of hydrogen-bond donors (Lipinski definition) is 2. The molecule has 0 bridgehead atoms. The first kappa shape index (κ1) is 14.0. The van der Waals surface area contributed by atoms with Crippen LogP contribution in [0.15, 0.2) is 24.3 Å². The second kappa shape index (κ2) is 5.70. The van der Waals surface area contributed by atoms with Crippen molar-refractivity contribution in [2.75, 3.05) is 5.32 Å². The van der Waals surface area contributed by atoms with Crippen LogP contribution in [0.3, 0.4) is 0 Å². The largest absolute Gasteiger partial charge is 0.392 e. The summed E-state index contributed by atoms with van der Waals surface area (Å²) >= 11 is 5.12. The normalized spacial score (nSPS) is 17.1. The maximum absolute atomic E-state index is 12.5. The average Bonchev–Trinajstić information content (AvgIpc) is 2.90. The first-order valence-corrected chi connectivity index (χ1v) is 7.19. The van der Waals surface area contributed by atoms with Gasteiger partial charge in [-0.15, -0.1) is 0 Å². The maximum Gasteiger partial charge on any atom is 0.237 e. The Morgan fingerprint density at radius 1 is 1.32 bits per heavy atom. The highest BCUT2D eigenvalue weighted by atomic mass is 32.1. The lowest BCUT2D eigenvalue weighted by Crippen LogP contribution is -2.43. The molecular formula is C15H20N2OS. The van der Waals surface area contributed by atoms with Crippen molar-refractivity contribution in [2.45, 2.75) is 39.0 Å². The Bertz CT molecular complexity index is 475. The number of rotatable bonds is 4. The van der Waals surface area contributed by atoms with Crippen molar-refractivity contribution < 1.29 is 4.79 Å². The lowest BCUT2D eigenvalue weighted by molar-refractivity contribution is -0.122. The van der Waals surface area contributed by atoms with Gasteiger partial charge in [0.2, 0.25) is 5.91 Å². The monoisotopic (exact) mass is 276 g/mol. The van der Waals surface area contributed by atoms with Crippen LogP contribution in [-0.2, 0) is 11.2 Å². The maximum atomic E-state index is 12.5. The van der Waals surface area contributed by atoms with E-state index in [2.05, 4.69) is 12.2 Å². The number of amides is 1. The van der Waals surface area contributed by atoms with Gasteiger partial charge in [-0.1, -0.05) is 44.1 Å². The molecule has 0 heterocycles. The number of thiocarbonyl (C=S) groups is 1. The summed E-state index contributed by atoms with van der Waals surface area (Å²) in [6, 6.07) is 7.91. The molecule has 0 aliphatic heterocycles. The van der Waals surface area contributed by atoms with Crippen LogP contribution in [0.4, 0.5) is 5.69 Å². The summed E-state index contributed by atoms with van der Waals surface area (Å²) in [6.07, 6.45) is 4.55. The molecule has 3 nitrogen and oxygen atoms in total. The zero-order chi connectivity index (χ0) is 13.9. The number of carbonyl (C=O) groups excluding carboxylic acids is 1. The van der Waals surface area contributed by atoms with Crippen LogP contribution < -0.4 is 11.1 Å². The molecule has 2 rings (SSSR count). The molecule has 0 saturated heterocycles. The molecule has 1 saturated carbocycles. The minimum Gasteiger partial charge on any atom is -0.392 e. The highest BCUT2D eigenvalue weighted by Gasteiger charge is 2.43. The van der Waals surface area contributed by atoms with Gasteiger partial charge in [-0.2, -0.15) is 0 Å². The molecule has 0 aromatic heterocycles. The molecule has 1 amide bonds. The Morgan fingerprint density at radius 3 is 2.37 bits per heavy atom. The number of aryl methyl sites for hydroxylation is 1. The predicted octanol–water partition coefficient (Wildman–Crippen LogP) is 3.03. The molecule has 3 N–H and O–H groups in total. The summed E-state index contributed by atoms with van der Waals surface area (Å²) in [5.41, 5.74) is 7.23. The van der Waals surface area contributed by atoms with Gasteiger partial charge in [-0.25, -0.2) is 0 Å². The van der Waals surface area contributed by atoms with Crippen molar-refractivity contribution in [3.63, 3.8) is 0 Å². The number of carbonyl (C=O) groups is 1. The molecule has 1 aliphatic carbocycles. The minimum atomic E-state index is -0.640. The van der Waals surface area contributed by atoms with Crippen LogP contribution in [-0.4, -0.2) is 10.9 Å². The summed E-state index contributed by atoms with van der Waals surface area (Å²) in [5.74, 6) is -0.0539.